The van der Waals surface area contributed by atoms with Crippen molar-refractivity contribution in [1.29, 1.82) is 0 Å². The smallest absolute Gasteiger partial charge is 0.237 e. The van der Waals surface area contributed by atoms with Crippen molar-refractivity contribution in [2.75, 3.05) is 6.54 Å². The Kier molecular flexibility index (Phi) is 5.53. The Morgan fingerprint density at radius 2 is 2.11 bits per heavy atom. The lowest BCUT2D eigenvalue weighted by Gasteiger charge is -2.43. The summed E-state index contributed by atoms with van der Waals surface area (Å²) in [5, 5.41) is 0.677. The number of carbonyl (C=O) groups excluding carboxylic acids is 1. The van der Waals surface area contributed by atoms with E-state index in [4.69, 9.17) is 22.1 Å². The van der Waals surface area contributed by atoms with Crippen LogP contribution in [0.3, 0.4) is 0 Å². The zero-order valence-corrected chi connectivity index (χ0v) is 16.6. The number of fused-ring (bicyclic) bond motifs is 1. The zero-order valence-electron chi connectivity index (χ0n) is 15.8. The number of nitrogens with one attached hydrogen (secondary N) is 2. The first-order chi connectivity index (χ1) is 13.5. The molecule has 1 aromatic heterocycles. The van der Waals surface area contributed by atoms with Gasteiger partial charge in [-0.25, -0.2) is 5.43 Å². The van der Waals surface area contributed by atoms with Gasteiger partial charge in [-0.1, -0.05) is 17.7 Å². The van der Waals surface area contributed by atoms with E-state index in [2.05, 4.69) is 15.8 Å². The van der Waals surface area contributed by atoms with Gasteiger partial charge in [-0.15, -0.1) is 0 Å². The van der Waals surface area contributed by atoms with Gasteiger partial charge >= 0.3 is 0 Å². The monoisotopic (exact) mass is 400 g/mol. The maximum atomic E-state index is 12.2. The Hall–Kier alpha value is -2.15. The average molecular weight is 401 g/mol. The molecule has 2 aliphatic rings. The molecule has 7 heteroatoms. The lowest BCUT2D eigenvalue weighted by molar-refractivity contribution is -0.133. The number of benzene rings is 1. The molecule has 4 N–H and O–H groups in total. The van der Waals surface area contributed by atoms with Crippen LogP contribution in [0.1, 0.15) is 36.3 Å². The fourth-order valence-corrected chi connectivity index (χ4v) is 4.53. The molecule has 2 aromatic rings. The van der Waals surface area contributed by atoms with Crippen LogP contribution in [0, 0.1) is 18.8 Å². The molecule has 1 aliphatic heterocycles. The number of pyridine rings is 1. The largest absolute Gasteiger partial charge is 0.456 e. The molecule has 1 aromatic carbocycles. The summed E-state index contributed by atoms with van der Waals surface area (Å²) in [6.45, 7) is 2.46. The molecular weight excluding hydrogens is 376 g/mol. The Morgan fingerprint density at radius 1 is 1.25 bits per heavy atom. The normalized spacial score (nSPS) is 27.0. The number of carbonyl (C=O) groups is 1. The Labute approximate surface area is 169 Å². The number of aryl methyl sites for hydroxylation is 1. The number of rotatable bonds is 4. The Balaban J connectivity index is 1.51. The molecule has 1 saturated carbocycles. The molecule has 2 fully saturated rings. The van der Waals surface area contributed by atoms with Crippen molar-refractivity contribution in [3.63, 3.8) is 0 Å². The van der Waals surface area contributed by atoms with Crippen LogP contribution in [-0.2, 0) is 4.79 Å². The van der Waals surface area contributed by atoms with Crippen molar-refractivity contribution in [3.8, 4) is 11.5 Å². The lowest BCUT2D eigenvalue weighted by atomic mass is 9.68. The van der Waals surface area contributed by atoms with Gasteiger partial charge in [0.2, 0.25) is 5.91 Å². The number of hydrogen-bond acceptors (Lipinski definition) is 5. The molecule has 4 rings (SSSR count). The molecule has 0 radical (unpaired) electrons. The van der Waals surface area contributed by atoms with Gasteiger partial charge in [0.25, 0.3) is 0 Å². The standard InChI is InChI=1S/C21H25ClN4O2/c1-12-2-4-15(8-19(12)22)28-16-6-14(10-24-11-16)13-3-5-17-18(7-13)20(9-23)25-26-21(17)27/h2,4,6,8,10-11,13,17-18,20,25H,3,5,7,9,23H2,1H3,(H,26,27). The van der Waals surface area contributed by atoms with E-state index in [0.29, 0.717) is 29.0 Å². The highest BCUT2D eigenvalue weighted by Gasteiger charge is 2.42. The van der Waals surface area contributed by atoms with Crippen molar-refractivity contribution >= 4 is 17.5 Å². The van der Waals surface area contributed by atoms with E-state index >= 15 is 0 Å². The Morgan fingerprint density at radius 3 is 2.89 bits per heavy atom. The summed E-state index contributed by atoms with van der Waals surface area (Å²) >= 11 is 6.19. The van der Waals surface area contributed by atoms with E-state index in [0.717, 1.165) is 30.4 Å². The van der Waals surface area contributed by atoms with Crippen molar-refractivity contribution in [2.45, 2.75) is 38.1 Å². The number of amides is 1. The highest BCUT2D eigenvalue weighted by atomic mass is 35.5. The van der Waals surface area contributed by atoms with E-state index < -0.39 is 0 Å². The van der Waals surface area contributed by atoms with Crippen LogP contribution in [0.2, 0.25) is 5.02 Å². The van der Waals surface area contributed by atoms with Crippen molar-refractivity contribution in [1.82, 2.24) is 15.8 Å². The van der Waals surface area contributed by atoms with Gasteiger partial charge in [0.15, 0.2) is 0 Å². The van der Waals surface area contributed by atoms with Crippen LogP contribution in [0.5, 0.6) is 11.5 Å². The SMILES string of the molecule is Cc1ccc(Oc2cncc(C3CCC4C(=O)NNC(CN)C4C3)c2)cc1Cl. The van der Waals surface area contributed by atoms with Crippen LogP contribution in [0.15, 0.2) is 36.7 Å². The van der Waals surface area contributed by atoms with E-state index in [1.807, 2.05) is 37.4 Å². The van der Waals surface area contributed by atoms with Gasteiger partial charge in [0.1, 0.15) is 11.5 Å². The van der Waals surface area contributed by atoms with Gasteiger partial charge in [0.05, 0.1) is 6.20 Å². The average Bonchev–Trinajstić information content (AvgIpc) is 2.71. The van der Waals surface area contributed by atoms with Gasteiger partial charge in [-0.2, -0.15) is 0 Å². The van der Waals surface area contributed by atoms with Crippen molar-refractivity contribution < 1.29 is 9.53 Å². The van der Waals surface area contributed by atoms with Crippen LogP contribution in [0.4, 0.5) is 0 Å². The minimum Gasteiger partial charge on any atom is -0.456 e. The summed E-state index contributed by atoms with van der Waals surface area (Å²) < 4.78 is 5.97. The first kappa shape index (κ1) is 19.2. The summed E-state index contributed by atoms with van der Waals surface area (Å²) in [5.41, 5.74) is 13.9. The van der Waals surface area contributed by atoms with E-state index in [1.54, 1.807) is 6.20 Å². The summed E-state index contributed by atoms with van der Waals surface area (Å²) in [4.78, 5) is 16.6. The number of nitrogens with zero attached hydrogens (tertiary/aromatic N) is 1. The molecular formula is C21H25ClN4O2. The van der Waals surface area contributed by atoms with Crippen LogP contribution < -0.4 is 21.3 Å². The van der Waals surface area contributed by atoms with Gasteiger partial charge in [0, 0.05) is 29.7 Å². The lowest BCUT2D eigenvalue weighted by Crippen LogP contribution is -2.62. The maximum Gasteiger partial charge on any atom is 0.237 e. The van der Waals surface area contributed by atoms with E-state index in [9.17, 15) is 4.79 Å². The third-order valence-corrected chi connectivity index (χ3v) is 6.38. The molecule has 4 atom stereocenters. The van der Waals surface area contributed by atoms with Crippen LogP contribution in [0.25, 0.3) is 0 Å². The predicted molar refractivity (Wildman–Crippen MR) is 108 cm³/mol. The summed E-state index contributed by atoms with van der Waals surface area (Å²) in [6.07, 6.45) is 6.33. The second-order valence-corrected chi connectivity index (χ2v) is 8.13. The number of ether oxygens (including phenoxy) is 1. The zero-order chi connectivity index (χ0) is 19.7. The van der Waals surface area contributed by atoms with Gasteiger partial charge in [-0.05, 0) is 67.3 Å². The first-order valence-electron chi connectivity index (χ1n) is 9.69. The molecule has 148 valence electrons. The van der Waals surface area contributed by atoms with E-state index in [-0.39, 0.29) is 23.8 Å². The van der Waals surface area contributed by atoms with Crippen LogP contribution in [-0.4, -0.2) is 23.5 Å². The summed E-state index contributed by atoms with van der Waals surface area (Å²) in [7, 11) is 0. The Bertz CT molecular complexity index is 875. The topological polar surface area (TPSA) is 89.3 Å². The van der Waals surface area contributed by atoms with Gasteiger partial charge in [-0.3, -0.25) is 15.2 Å². The number of aromatic nitrogens is 1. The fourth-order valence-electron chi connectivity index (χ4n) is 4.36. The fraction of sp³-hybridized carbons (Fsp3) is 0.429. The van der Waals surface area contributed by atoms with Crippen LogP contribution >= 0.6 is 11.6 Å². The molecule has 1 aliphatic carbocycles. The predicted octanol–water partition coefficient (Wildman–Crippen LogP) is 3.30. The van der Waals surface area contributed by atoms with Crippen molar-refractivity contribution in [2.24, 2.45) is 17.6 Å². The molecule has 28 heavy (non-hydrogen) atoms. The molecule has 4 unspecified atom stereocenters. The molecule has 1 saturated heterocycles. The first-order valence-corrected chi connectivity index (χ1v) is 10.1. The minimum absolute atomic E-state index is 0.0353. The number of halogens is 1. The highest BCUT2D eigenvalue weighted by molar-refractivity contribution is 6.31. The quantitative estimate of drug-likeness (QED) is 0.732. The minimum atomic E-state index is 0.0353. The number of hydrazine groups is 1. The van der Waals surface area contributed by atoms with E-state index in [1.165, 1.54) is 0 Å². The summed E-state index contributed by atoms with van der Waals surface area (Å²) in [5.74, 6) is 2.07. The number of nitrogens with two attached hydrogens (primary N) is 1. The third-order valence-electron chi connectivity index (χ3n) is 5.97. The van der Waals surface area contributed by atoms with Gasteiger partial charge < -0.3 is 10.5 Å². The second-order valence-electron chi connectivity index (χ2n) is 7.72. The third kappa shape index (κ3) is 3.85. The molecule has 2 heterocycles. The maximum absolute atomic E-state index is 12.2. The number of hydrogen-bond donors (Lipinski definition) is 3. The summed E-state index contributed by atoms with van der Waals surface area (Å²) in [6, 6.07) is 7.79. The molecule has 6 nitrogen and oxygen atoms in total. The van der Waals surface area contributed by atoms with Crippen molar-refractivity contribution in [3.05, 3.63) is 52.8 Å². The second kappa shape index (κ2) is 8.07. The molecule has 0 spiro atoms. The molecule has 1 amide bonds. The highest BCUT2D eigenvalue weighted by Crippen LogP contribution is 2.42. The molecule has 0 bridgehead atoms.